The lowest BCUT2D eigenvalue weighted by Gasteiger charge is -2.25. The van der Waals surface area contributed by atoms with E-state index >= 15 is 0 Å². The maximum Gasteiger partial charge on any atom is 0.270 e. The van der Waals surface area contributed by atoms with Crippen molar-refractivity contribution in [3.8, 4) is 28.5 Å². The van der Waals surface area contributed by atoms with E-state index in [9.17, 15) is 4.79 Å². The summed E-state index contributed by atoms with van der Waals surface area (Å²) in [5.41, 5.74) is 1.65. The van der Waals surface area contributed by atoms with E-state index in [0.717, 1.165) is 17.0 Å². The first kappa shape index (κ1) is 17.4. The van der Waals surface area contributed by atoms with Gasteiger partial charge in [0.05, 0.1) is 12.3 Å². The summed E-state index contributed by atoms with van der Waals surface area (Å²) in [6, 6.07) is 15.0. The average molecular weight is 382 g/mol. The van der Waals surface area contributed by atoms with Crippen molar-refractivity contribution >= 4 is 22.4 Å². The fraction of sp³-hybridized carbons (Fsp3) is 0.200. The van der Waals surface area contributed by atoms with Crippen LogP contribution in [-0.2, 0) is 4.79 Å². The van der Waals surface area contributed by atoms with Gasteiger partial charge >= 0.3 is 0 Å². The maximum atomic E-state index is 12.5. The van der Waals surface area contributed by atoms with Crippen LogP contribution in [0, 0.1) is 0 Å². The van der Waals surface area contributed by atoms with E-state index in [1.54, 1.807) is 6.07 Å². The Balaban J connectivity index is 1.46. The van der Waals surface area contributed by atoms with Crippen molar-refractivity contribution < 1.29 is 19.0 Å². The summed E-state index contributed by atoms with van der Waals surface area (Å²) < 4.78 is 17.0. The Bertz CT molecular complexity index is 956. The number of thiazole rings is 1. The molecule has 1 amide bonds. The predicted octanol–water partition coefficient (Wildman–Crippen LogP) is 3.99. The molecule has 0 bridgehead atoms. The SMILES string of the molecule is CCOc1ccccc1-c1csc(NC(=O)C2COc3ccccc3O2)n1. The maximum absolute atomic E-state index is 12.5. The van der Waals surface area contributed by atoms with E-state index in [0.29, 0.717) is 23.2 Å². The van der Waals surface area contributed by atoms with Gasteiger partial charge in [0.15, 0.2) is 16.6 Å². The molecule has 0 saturated carbocycles. The van der Waals surface area contributed by atoms with Gasteiger partial charge in [0.1, 0.15) is 12.4 Å². The Morgan fingerprint density at radius 1 is 1.22 bits per heavy atom. The summed E-state index contributed by atoms with van der Waals surface area (Å²) in [6.07, 6.45) is -0.719. The first-order valence-electron chi connectivity index (χ1n) is 8.61. The number of carbonyl (C=O) groups is 1. The fourth-order valence-electron chi connectivity index (χ4n) is 2.75. The Kier molecular flexibility index (Phi) is 4.93. The summed E-state index contributed by atoms with van der Waals surface area (Å²) in [4.78, 5) is 17.0. The number of carbonyl (C=O) groups excluding carboxylic acids is 1. The smallest absolute Gasteiger partial charge is 0.270 e. The molecule has 1 N–H and O–H groups in total. The van der Waals surface area contributed by atoms with Crippen LogP contribution in [0.4, 0.5) is 5.13 Å². The van der Waals surface area contributed by atoms with E-state index in [2.05, 4.69) is 10.3 Å². The number of hydrogen-bond acceptors (Lipinski definition) is 6. The second-order valence-corrected chi connectivity index (χ2v) is 6.68. The first-order chi connectivity index (χ1) is 13.2. The fourth-order valence-corrected chi connectivity index (χ4v) is 3.46. The number of nitrogens with one attached hydrogen (secondary N) is 1. The van der Waals surface area contributed by atoms with Gasteiger partial charge in [-0.2, -0.15) is 0 Å². The molecule has 2 aromatic carbocycles. The van der Waals surface area contributed by atoms with Gasteiger partial charge in [-0.15, -0.1) is 11.3 Å². The molecule has 0 saturated heterocycles. The lowest BCUT2D eigenvalue weighted by atomic mass is 10.1. The van der Waals surface area contributed by atoms with Crippen molar-refractivity contribution in [2.45, 2.75) is 13.0 Å². The van der Waals surface area contributed by atoms with Gasteiger partial charge in [0.25, 0.3) is 5.91 Å². The highest BCUT2D eigenvalue weighted by Crippen LogP contribution is 2.33. The van der Waals surface area contributed by atoms with Crippen molar-refractivity contribution in [3.63, 3.8) is 0 Å². The molecule has 3 aromatic rings. The monoisotopic (exact) mass is 382 g/mol. The Morgan fingerprint density at radius 2 is 2.00 bits per heavy atom. The largest absolute Gasteiger partial charge is 0.493 e. The number of para-hydroxylation sites is 3. The lowest BCUT2D eigenvalue weighted by Crippen LogP contribution is -2.40. The van der Waals surface area contributed by atoms with Crippen LogP contribution < -0.4 is 19.5 Å². The van der Waals surface area contributed by atoms with Crippen molar-refractivity contribution in [3.05, 3.63) is 53.9 Å². The molecule has 27 heavy (non-hydrogen) atoms. The number of nitrogens with zero attached hydrogens (tertiary/aromatic N) is 1. The number of ether oxygens (including phenoxy) is 3. The minimum atomic E-state index is -0.719. The van der Waals surface area contributed by atoms with Gasteiger partial charge in [0.2, 0.25) is 6.10 Å². The zero-order chi connectivity index (χ0) is 18.6. The minimum Gasteiger partial charge on any atom is -0.493 e. The standard InChI is InChI=1S/C20H18N2O4S/c1-2-24-15-8-4-3-7-13(15)14-12-27-20(21-14)22-19(23)18-11-25-16-9-5-6-10-17(16)26-18/h3-10,12,18H,2,11H2,1H3,(H,21,22,23). The summed E-state index contributed by atoms with van der Waals surface area (Å²) in [5, 5.41) is 5.20. The predicted molar refractivity (Wildman–Crippen MR) is 104 cm³/mol. The normalized spacial score (nSPS) is 15.2. The highest BCUT2D eigenvalue weighted by atomic mass is 32.1. The molecule has 4 rings (SSSR count). The van der Waals surface area contributed by atoms with Gasteiger partial charge in [-0.05, 0) is 31.2 Å². The molecule has 0 fully saturated rings. The van der Waals surface area contributed by atoms with Crippen LogP contribution in [0.2, 0.25) is 0 Å². The quantitative estimate of drug-likeness (QED) is 0.723. The number of aromatic nitrogens is 1. The van der Waals surface area contributed by atoms with Crippen LogP contribution in [0.1, 0.15) is 6.92 Å². The summed E-state index contributed by atoms with van der Waals surface area (Å²) in [5.74, 6) is 1.69. The first-order valence-corrected chi connectivity index (χ1v) is 9.49. The molecule has 0 radical (unpaired) electrons. The third-order valence-electron chi connectivity index (χ3n) is 4.00. The highest BCUT2D eigenvalue weighted by Gasteiger charge is 2.28. The number of benzene rings is 2. The van der Waals surface area contributed by atoms with Crippen LogP contribution >= 0.6 is 11.3 Å². The van der Waals surface area contributed by atoms with Crippen molar-refractivity contribution in [1.82, 2.24) is 4.98 Å². The zero-order valence-corrected chi connectivity index (χ0v) is 15.5. The number of rotatable bonds is 5. The van der Waals surface area contributed by atoms with Crippen LogP contribution in [0.5, 0.6) is 17.2 Å². The molecule has 0 spiro atoms. The molecule has 1 aliphatic rings. The highest BCUT2D eigenvalue weighted by molar-refractivity contribution is 7.14. The number of anilines is 1. The number of amides is 1. The topological polar surface area (TPSA) is 69.7 Å². The molecule has 1 unspecified atom stereocenters. The average Bonchev–Trinajstić information content (AvgIpc) is 3.16. The second-order valence-electron chi connectivity index (χ2n) is 5.82. The van der Waals surface area contributed by atoms with Gasteiger partial charge in [0, 0.05) is 10.9 Å². The molecule has 1 aromatic heterocycles. The molecule has 2 heterocycles. The van der Waals surface area contributed by atoms with E-state index in [4.69, 9.17) is 14.2 Å². The molecular formula is C20H18N2O4S. The third-order valence-corrected chi connectivity index (χ3v) is 4.76. The van der Waals surface area contributed by atoms with E-state index in [1.165, 1.54) is 11.3 Å². The summed E-state index contributed by atoms with van der Waals surface area (Å²) in [6.45, 7) is 2.67. The molecular weight excluding hydrogens is 364 g/mol. The van der Waals surface area contributed by atoms with Crippen LogP contribution in [0.15, 0.2) is 53.9 Å². The summed E-state index contributed by atoms with van der Waals surface area (Å²) in [7, 11) is 0. The van der Waals surface area contributed by atoms with Gasteiger partial charge in [-0.1, -0.05) is 24.3 Å². The molecule has 7 heteroatoms. The van der Waals surface area contributed by atoms with Crippen LogP contribution in [0.3, 0.4) is 0 Å². The van der Waals surface area contributed by atoms with Gasteiger partial charge < -0.3 is 14.2 Å². The van der Waals surface area contributed by atoms with Crippen molar-refractivity contribution in [2.24, 2.45) is 0 Å². The van der Waals surface area contributed by atoms with E-state index in [1.807, 2.05) is 54.8 Å². The number of fused-ring (bicyclic) bond motifs is 1. The molecule has 1 atom stereocenters. The van der Waals surface area contributed by atoms with E-state index in [-0.39, 0.29) is 12.5 Å². The Hall–Kier alpha value is -3.06. The van der Waals surface area contributed by atoms with Crippen molar-refractivity contribution in [1.29, 1.82) is 0 Å². The molecule has 0 aliphatic carbocycles. The second kappa shape index (κ2) is 7.67. The molecule has 6 nitrogen and oxygen atoms in total. The van der Waals surface area contributed by atoms with Crippen molar-refractivity contribution in [2.75, 3.05) is 18.5 Å². The lowest BCUT2D eigenvalue weighted by molar-refractivity contribution is -0.125. The minimum absolute atomic E-state index is 0.161. The Labute approximate surface area is 160 Å². The molecule has 1 aliphatic heterocycles. The van der Waals surface area contributed by atoms with Gasteiger partial charge in [-0.3, -0.25) is 10.1 Å². The zero-order valence-electron chi connectivity index (χ0n) is 14.7. The van der Waals surface area contributed by atoms with E-state index < -0.39 is 6.10 Å². The summed E-state index contributed by atoms with van der Waals surface area (Å²) >= 11 is 1.35. The number of hydrogen-bond donors (Lipinski definition) is 1. The third kappa shape index (κ3) is 3.73. The molecule has 138 valence electrons. The Morgan fingerprint density at radius 3 is 2.85 bits per heavy atom. The van der Waals surface area contributed by atoms with Gasteiger partial charge in [-0.25, -0.2) is 4.98 Å². The van der Waals surface area contributed by atoms with Crippen LogP contribution in [0.25, 0.3) is 11.3 Å². The van der Waals surface area contributed by atoms with Crippen LogP contribution in [-0.4, -0.2) is 30.2 Å².